The standard InChI is InChI=1S/C20H19F2N3O4S/c21-15-4-6-17(7-5-15)30(27,28)25-10-8-24(9-11-25)20(26)19-13-18(23-29-19)14-2-1-3-16(22)12-14/h1-7,12,19H,8-11,13H2. The summed E-state index contributed by atoms with van der Waals surface area (Å²) in [7, 11) is -3.76. The molecule has 1 atom stereocenters. The van der Waals surface area contributed by atoms with Gasteiger partial charge in [0.2, 0.25) is 16.1 Å². The molecule has 0 bridgehead atoms. The molecule has 1 saturated heterocycles. The van der Waals surface area contributed by atoms with Crippen LogP contribution in [0.15, 0.2) is 58.6 Å². The molecule has 158 valence electrons. The van der Waals surface area contributed by atoms with Crippen LogP contribution in [-0.2, 0) is 19.7 Å². The second-order valence-corrected chi connectivity index (χ2v) is 8.97. The number of carbonyl (C=O) groups excluding carboxylic acids is 1. The van der Waals surface area contributed by atoms with Gasteiger partial charge in [-0.3, -0.25) is 4.79 Å². The van der Waals surface area contributed by atoms with E-state index in [9.17, 15) is 22.0 Å². The van der Waals surface area contributed by atoms with E-state index < -0.39 is 27.8 Å². The van der Waals surface area contributed by atoms with Crippen molar-refractivity contribution in [3.8, 4) is 0 Å². The molecule has 1 unspecified atom stereocenters. The summed E-state index contributed by atoms with van der Waals surface area (Å²) in [6.45, 7) is 0.647. The van der Waals surface area contributed by atoms with Crippen molar-refractivity contribution in [2.75, 3.05) is 26.2 Å². The van der Waals surface area contributed by atoms with Crippen molar-refractivity contribution in [3.05, 3.63) is 65.7 Å². The molecule has 10 heteroatoms. The van der Waals surface area contributed by atoms with E-state index in [-0.39, 0.29) is 43.4 Å². The minimum Gasteiger partial charge on any atom is -0.382 e. The largest absolute Gasteiger partial charge is 0.382 e. The molecular formula is C20H19F2N3O4S. The number of hydrogen-bond acceptors (Lipinski definition) is 5. The molecule has 0 N–H and O–H groups in total. The Balaban J connectivity index is 1.35. The molecular weight excluding hydrogens is 416 g/mol. The zero-order valence-electron chi connectivity index (χ0n) is 15.9. The highest BCUT2D eigenvalue weighted by Gasteiger charge is 2.36. The first-order chi connectivity index (χ1) is 14.3. The van der Waals surface area contributed by atoms with Gasteiger partial charge < -0.3 is 9.74 Å². The summed E-state index contributed by atoms with van der Waals surface area (Å²) in [4.78, 5) is 19.6. The van der Waals surface area contributed by atoms with Gasteiger partial charge >= 0.3 is 0 Å². The Labute approximate surface area is 172 Å². The number of hydrogen-bond donors (Lipinski definition) is 0. The van der Waals surface area contributed by atoms with Gasteiger partial charge in [-0.2, -0.15) is 4.31 Å². The van der Waals surface area contributed by atoms with E-state index in [1.165, 1.54) is 33.5 Å². The average Bonchev–Trinajstić information content (AvgIpc) is 3.24. The minimum absolute atomic E-state index is 0.0101. The Kier molecular flexibility index (Phi) is 5.52. The smallest absolute Gasteiger partial charge is 0.266 e. The monoisotopic (exact) mass is 435 g/mol. The fourth-order valence-corrected chi connectivity index (χ4v) is 4.88. The maximum atomic E-state index is 13.4. The first-order valence-electron chi connectivity index (χ1n) is 9.38. The zero-order chi connectivity index (χ0) is 21.3. The summed E-state index contributed by atoms with van der Waals surface area (Å²) in [6.07, 6.45) is -0.598. The Bertz CT molecular complexity index is 1080. The predicted octanol–water partition coefficient (Wildman–Crippen LogP) is 1.99. The second kappa shape index (κ2) is 8.11. The van der Waals surface area contributed by atoms with E-state index in [4.69, 9.17) is 4.84 Å². The first kappa shape index (κ1) is 20.4. The summed E-state index contributed by atoms with van der Waals surface area (Å²) in [5, 5.41) is 3.91. The topological polar surface area (TPSA) is 79.3 Å². The van der Waals surface area contributed by atoms with E-state index in [2.05, 4.69) is 5.16 Å². The third-order valence-electron chi connectivity index (χ3n) is 5.10. The lowest BCUT2D eigenvalue weighted by Gasteiger charge is -2.34. The molecule has 1 amide bonds. The zero-order valence-corrected chi connectivity index (χ0v) is 16.7. The number of rotatable bonds is 4. The van der Waals surface area contributed by atoms with Crippen molar-refractivity contribution >= 4 is 21.6 Å². The van der Waals surface area contributed by atoms with Gasteiger partial charge in [-0.15, -0.1) is 0 Å². The third-order valence-corrected chi connectivity index (χ3v) is 7.02. The molecule has 2 aliphatic heterocycles. The summed E-state index contributed by atoms with van der Waals surface area (Å²) >= 11 is 0. The van der Waals surface area contributed by atoms with Crippen LogP contribution < -0.4 is 0 Å². The van der Waals surface area contributed by atoms with Crippen LogP contribution in [0.4, 0.5) is 8.78 Å². The molecule has 0 saturated carbocycles. The Hall–Kier alpha value is -2.85. The van der Waals surface area contributed by atoms with E-state index in [1.807, 2.05) is 0 Å². The number of sulfonamides is 1. The molecule has 0 aromatic heterocycles. The summed E-state index contributed by atoms with van der Waals surface area (Å²) in [5.41, 5.74) is 1.05. The number of benzene rings is 2. The van der Waals surface area contributed by atoms with Crippen molar-refractivity contribution in [3.63, 3.8) is 0 Å². The molecule has 0 spiro atoms. The van der Waals surface area contributed by atoms with Crippen LogP contribution in [0.3, 0.4) is 0 Å². The maximum absolute atomic E-state index is 13.4. The molecule has 2 aliphatic rings. The van der Waals surface area contributed by atoms with Crippen LogP contribution in [0.25, 0.3) is 0 Å². The van der Waals surface area contributed by atoms with Crippen LogP contribution in [0, 0.1) is 11.6 Å². The lowest BCUT2D eigenvalue weighted by atomic mass is 10.0. The summed E-state index contributed by atoms with van der Waals surface area (Å²) in [5.74, 6) is -1.20. The number of halogens is 2. The Morgan fingerprint density at radius 1 is 1.00 bits per heavy atom. The van der Waals surface area contributed by atoms with Gasteiger partial charge in [0.15, 0.2) is 0 Å². The van der Waals surface area contributed by atoms with Gasteiger partial charge in [0, 0.05) is 38.2 Å². The molecule has 2 heterocycles. The van der Waals surface area contributed by atoms with E-state index in [0.29, 0.717) is 11.3 Å². The molecule has 1 fully saturated rings. The van der Waals surface area contributed by atoms with Crippen LogP contribution in [0.1, 0.15) is 12.0 Å². The fourth-order valence-electron chi connectivity index (χ4n) is 3.46. The lowest BCUT2D eigenvalue weighted by Crippen LogP contribution is -2.52. The normalized spacial score (nSPS) is 20.0. The highest BCUT2D eigenvalue weighted by Crippen LogP contribution is 2.22. The highest BCUT2D eigenvalue weighted by molar-refractivity contribution is 7.89. The SMILES string of the molecule is O=C(C1CC(c2cccc(F)c2)=NO1)N1CCN(S(=O)(=O)c2ccc(F)cc2)CC1. The molecule has 0 aliphatic carbocycles. The van der Waals surface area contributed by atoms with Crippen LogP contribution in [0.5, 0.6) is 0 Å². The summed E-state index contributed by atoms with van der Waals surface area (Å²) < 4.78 is 53.1. The Morgan fingerprint density at radius 2 is 1.70 bits per heavy atom. The molecule has 7 nitrogen and oxygen atoms in total. The minimum atomic E-state index is -3.76. The van der Waals surface area contributed by atoms with Gasteiger partial charge in [-0.1, -0.05) is 17.3 Å². The fraction of sp³-hybridized carbons (Fsp3) is 0.300. The van der Waals surface area contributed by atoms with Crippen LogP contribution in [0.2, 0.25) is 0 Å². The van der Waals surface area contributed by atoms with E-state index in [0.717, 1.165) is 12.1 Å². The number of piperazine rings is 1. The van der Waals surface area contributed by atoms with E-state index in [1.54, 1.807) is 12.1 Å². The molecule has 30 heavy (non-hydrogen) atoms. The van der Waals surface area contributed by atoms with Crippen LogP contribution in [-0.4, -0.2) is 61.5 Å². The molecule has 4 rings (SSSR count). The van der Waals surface area contributed by atoms with E-state index >= 15 is 0 Å². The van der Waals surface area contributed by atoms with Crippen molar-refractivity contribution in [1.29, 1.82) is 0 Å². The molecule has 0 radical (unpaired) electrons. The van der Waals surface area contributed by atoms with Crippen molar-refractivity contribution < 1.29 is 26.8 Å². The highest BCUT2D eigenvalue weighted by atomic mass is 32.2. The van der Waals surface area contributed by atoms with Gasteiger partial charge in [0.1, 0.15) is 11.6 Å². The van der Waals surface area contributed by atoms with Gasteiger partial charge in [-0.05, 0) is 36.4 Å². The third kappa shape index (κ3) is 4.05. The Morgan fingerprint density at radius 3 is 2.37 bits per heavy atom. The van der Waals surface area contributed by atoms with Crippen molar-refractivity contribution in [1.82, 2.24) is 9.21 Å². The number of nitrogens with zero attached hydrogens (tertiary/aromatic N) is 3. The van der Waals surface area contributed by atoms with Gasteiger partial charge in [0.05, 0.1) is 10.6 Å². The second-order valence-electron chi connectivity index (χ2n) is 7.03. The van der Waals surface area contributed by atoms with Gasteiger partial charge in [0.25, 0.3) is 5.91 Å². The number of carbonyl (C=O) groups is 1. The summed E-state index contributed by atoms with van der Waals surface area (Å²) in [6, 6.07) is 10.5. The average molecular weight is 435 g/mol. The lowest BCUT2D eigenvalue weighted by molar-refractivity contribution is -0.143. The predicted molar refractivity (Wildman–Crippen MR) is 104 cm³/mol. The van der Waals surface area contributed by atoms with Crippen molar-refractivity contribution in [2.45, 2.75) is 17.4 Å². The number of amides is 1. The van der Waals surface area contributed by atoms with Crippen molar-refractivity contribution in [2.24, 2.45) is 5.16 Å². The van der Waals surface area contributed by atoms with Crippen LogP contribution >= 0.6 is 0 Å². The number of oxime groups is 1. The molecule has 2 aromatic carbocycles. The quantitative estimate of drug-likeness (QED) is 0.736. The first-order valence-corrected chi connectivity index (χ1v) is 10.8. The maximum Gasteiger partial charge on any atom is 0.266 e. The molecule has 2 aromatic rings. The van der Waals surface area contributed by atoms with Gasteiger partial charge in [-0.25, -0.2) is 17.2 Å².